The molecule has 0 radical (unpaired) electrons. The molecule has 24 heavy (non-hydrogen) atoms. The number of nitrogens with one attached hydrogen (secondary N) is 1. The van der Waals surface area contributed by atoms with Crippen LogP contribution >= 0.6 is 24.0 Å². The van der Waals surface area contributed by atoms with Crippen molar-refractivity contribution in [2.45, 2.75) is 44.2 Å². The van der Waals surface area contributed by atoms with Gasteiger partial charge in [0.25, 0.3) is 0 Å². The molecule has 2 atom stereocenters. The van der Waals surface area contributed by atoms with Crippen LogP contribution in [0.5, 0.6) is 0 Å². The Balaban J connectivity index is 0.00000208. The molecule has 1 saturated heterocycles. The van der Waals surface area contributed by atoms with Crippen molar-refractivity contribution in [3.8, 4) is 0 Å². The number of carbonyl (C=O) groups excluding carboxylic acids is 1. The van der Waals surface area contributed by atoms with E-state index in [1.54, 1.807) is 0 Å². The van der Waals surface area contributed by atoms with Crippen molar-refractivity contribution in [2.75, 3.05) is 13.6 Å². The van der Waals surface area contributed by atoms with Crippen LogP contribution in [0.4, 0.5) is 0 Å². The van der Waals surface area contributed by atoms with Crippen LogP contribution in [-0.2, 0) is 4.79 Å². The minimum atomic E-state index is 0. The summed E-state index contributed by atoms with van der Waals surface area (Å²) in [4.78, 5) is 18.5. The van der Waals surface area contributed by atoms with Gasteiger partial charge in [-0.1, -0.05) is 43.2 Å². The van der Waals surface area contributed by atoms with E-state index in [4.69, 9.17) is 5.73 Å². The first-order valence-electron chi connectivity index (χ1n) is 8.52. The molecule has 1 aromatic carbocycles. The summed E-state index contributed by atoms with van der Waals surface area (Å²) in [6.07, 6.45) is 5.42. The highest BCUT2D eigenvalue weighted by molar-refractivity contribution is 14.0. The normalized spacial score (nSPS) is 25.0. The fourth-order valence-corrected chi connectivity index (χ4v) is 3.80. The van der Waals surface area contributed by atoms with Gasteiger partial charge in [-0.25, -0.2) is 0 Å². The summed E-state index contributed by atoms with van der Waals surface area (Å²) in [5.41, 5.74) is 7.20. The molecular formula is C18H27IN4O. The zero-order valence-electron chi connectivity index (χ0n) is 14.1. The average molecular weight is 442 g/mol. The third-order valence-corrected chi connectivity index (χ3v) is 5.04. The molecule has 3 rings (SSSR count). The fraction of sp³-hybridized carbons (Fsp3) is 0.556. The lowest BCUT2D eigenvalue weighted by Crippen LogP contribution is -2.39. The second kappa shape index (κ2) is 8.69. The van der Waals surface area contributed by atoms with Crippen LogP contribution in [0.1, 0.15) is 43.7 Å². The van der Waals surface area contributed by atoms with E-state index in [0.717, 1.165) is 0 Å². The SMILES string of the molecule is CN1C(=O)C[C@@H](CN=C(N)NC2CCCC2)[C@@H]1c1ccccc1.I. The topological polar surface area (TPSA) is 70.7 Å². The molecule has 3 N–H and O–H groups in total. The van der Waals surface area contributed by atoms with Crippen molar-refractivity contribution in [1.29, 1.82) is 0 Å². The monoisotopic (exact) mass is 442 g/mol. The Morgan fingerprint density at radius 1 is 1.29 bits per heavy atom. The van der Waals surface area contributed by atoms with Gasteiger partial charge in [0.05, 0.1) is 6.04 Å². The molecule has 2 fully saturated rings. The number of amides is 1. The zero-order valence-corrected chi connectivity index (χ0v) is 16.5. The average Bonchev–Trinajstić information content (AvgIpc) is 3.15. The van der Waals surface area contributed by atoms with Gasteiger partial charge < -0.3 is 16.0 Å². The molecule has 6 heteroatoms. The lowest BCUT2D eigenvalue weighted by molar-refractivity contribution is -0.127. The van der Waals surface area contributed by atoms with Crippen LogP contribution in [0.2, 0.25) is 0 Å². The van der Waals surface area contributed by atoms with Crippen molar-refractivity contribution < 1.29 is 4.79 Å². The maximum Gasteiger partial charge on any atom is 0.223 e. The van der Waals surface area contributed by atoms with Gasteiger partial charge in [0.15, 0.2) is 5.96 Å². The summed E-state index contributed by atoms with van der Waals surface area (Å²) in [7, 11) is 1.88. The van der Waals surface area contributed by atoms with Crippen molar-refractivity contribution >= 4 is 35.8 Å². The van der Waals surface area contributed by atoms with Gasteiger partial charge in [0, 0.05) is 32.0 Å². The van der Waals surface area contributed by atoms with E-state index in [2.05, 4.69) is 22.4 Å². The molecule has 1 saturated carbocycles. The first-order chi connectivity index (χ1) is 11.1. The van der Waals surface area contributed by atoms with E-state index >= 15 is 0 Å². The van der Waals surface area contributed by atoms with Gasteiger partial charge in [-0.05, 0) is 18.4 Å². The largest absolute Gasteiger partial charge is 0.370 e. The Kier molecular flexibility index (Phi) is 6.89. The predicted octanol–water partition coefficient (Wildman–Crippen LogP) is 2.67. The molecule has 1 aromatic rings. The van der Waals surface area contributed by atoms with Crippen LogP contribution in [0.3, 0.4) is 0 Å². The smallest absolute Gasteiger partial charge is 0.223 e. The highest BCUT2D eigenvalue weighted by atomic mass is 127. The third kappa shape index (κ3) is 4.40. The van der Waals surface area contributed by atoms with Gasteiger partial charge in [-0.15, -0.1) is 24.0 Å². The Labute approximate surface area is 161 Å². The minimum Gasteiger partial charge on any atom is -0.370 e. The molecule has 0 unspecified atom stereocenters. The number of nitrogens with zero attached hydrogens (tertiary/aromatic N) is 2. The van der Waals surface area contributed by atoms with Crippen molar-refractivity contribution in [3.63, 3.8) is 0 Å². The number of guanidine groups is 1. The Morgan fingerprint density at radius 2 is 1.96 bits per heavy atom. The van der Waals surface area contributed by atoms with E-state index in [1.807, 2.05) is 30.1 Å². The van der Waals surface area contributed by atoms with E-state index in [1.165, 1.54) is 31.2 Å². The number of hydrogen-bond acceptors (Lipinski definition) is 2. The fourth-order valence-electron chi connectivity index (χ4n) is 3.80. The minimum absolute atomic E-state index is 0. The number of benzene rings is 1. The second-order valence-corrected chi connectivity index (χ2v) is 6.68. The molecule has 1 aliphatic carbocycles. The summed E-state index contributed by atoms with van der Waals surface area (Å²) in [5.74, 6) is 0.880. The lowest BCUT2D eigenvalue weighted by Gasteiger charge is -2.24. The van der Waals surface area contributed by atoms with Crippen molar-refractivity contribution in [3.05, 3.63) is 35.9 Å². The highest BCUT2D eigenvalue weighted by Gasteiger charge is 2.38. The summed E-state index contributed by atoms with van der Waals surface area (Å²) < 4.78 is 0. The molecule has 5 nitrogen and oxygen atoms in total. The second-order valence-electron chi connectivity index (χ2n) is 6.68. The van der Waals surface area contributed by atoms with Crippen molar-refractivity contribution in [2.24, 2.45) is 16.6 Å². The van der Waals surface area contributed by atoms with Crippen LogP contribution in [0, 0.1) is 5.92 Å². The van der Waals surface area contributed by atoms with E-state index in [0.29, 0.717) is 25.0 Å². The number of nitrogens with two attached hydrogens (primary N) is 1. The molecule has 1 amide bonds. The number of rotatable bonds is 4. The summed E-state index contributed by atoms with van der Waals surface area (Å²) >= 11 is 0. The quantitative estimate of drug-likeness (QED) is 0.428. The first kappa shape index (κ1) is 19.0. The van der Waals surface area contributed by atoms with Crippen LogP contribution in [0.15, 0.2) is 35.3 Å². The number of hydrogen-bond donors (Lipinski definition) is 2. The van der Waals surface area contributed by atoms with Gasteiger partial charge in [0.2, 0.25) is 5.91 Å². The van der Waals surface area contributed by atoms with Gasteiger partial charge >= 0.3 is 0 Å². The molecule has 0 spiro atoms. The molecule has 1 aliphatic heterocycles. The van der Waals surface area contributed by atoms with Gasteiger partial charge in [-0.2, -0.15) is 0 Å². The Hall–Kier alpha value is -1.31. The Morgan fingerprint density at radius 3 is 2.62 bits per heavy atom. The van der Waals surface area contributed by atoms with E-state index < -0.39 is 0 Å². The molecule has 1 heterocycles. The molecule has 0 bridgehead atoms. The first-order valence-corrected chi connectivity index (χ1v) is 8.52. The number of aliphatic imine (C=N–C) groups is 1. The van der Waals surface area contributed by atoms with Gasteiger partial charge in [-0.3, -0.25) is 9.79 Å². The summed E-state index contributed by atoms with van der Waals surface area (Å²) in [6.45, 7) is 0.585. The summed E-state index contributed by atoms with van der Waals surface area (Å²) in [6, 6.07) is 10.7. The van der Waals surface area contributed by atoms with Crippen LogP contribution in [0.25, 0.3) is 0 Å². The number of halogens is 1. The van der Waals surface area contributed by atoms with E-state index in [9.17, 15) is 4.79 Å². The zero-order chi connectivity index (χ0) is 16.2. The van der Waals surface area contributed by atoms with Crippen LogP contribution < -0.4 is 11.1 Å². The third-order valence-electron chi connectivity index (χ3n) is 5.04. The highest BCUT2D eigenvalue weighted by Crippen LogP contribution is 2.36. The number of carbonyl (C=O) groups is 1. The van der Waals surface area contributed by atoms with Crippen molar-refractivity contribution in [1.82, 2.24) is 10.2 Å². The lowest BCUT2D eigenvalue weighted by atomic mass is 9.94. The maximum atomic E-state index is 12.1. The molecule has 132 valence electrons. The predicted molar refractivity (Wildman–Crippen MR) is 107 cm³/mol. The maximum absolute atomic E-state index is 12.1. The van der Waals surface area contributed by atoms with Crippen LogP contribution in [-0.4, -0.2) is 36.4 Å². The van der Waals surface area contributed by atoms with Gasteiger partial charge in [0.1, 0.15) is 0 Å². The standard InChI is InChI=1S/C18H26N4O.HI/c1-22-16(23)11-14(17(22)13-7-3-2-4-8-13)12-20-18(19)21-15-9-5-6-10-15;/h2-4,7-8,14-15,17H,5-6,9-12H2,1H3,(H3,19,20,21);1H/t14-,17-;/m0./s1. The molecule has 2 aliphatic rings. The Bertz CT molecular complexity index is 572. The number of likely N-dealkylation sites (tertiary alicyclic amines) is 1. The summed E-state index contributed by atoms with van der Waals surface area (Å²) in [5, 5.41) is 3.31. The molecule has 0 aromatic heterocycles. The van der Waals surface area contributed by atoms with E-state index in [-0.39, 0.29) is 41.8 Å². The molecular weight excluding hydrogens is 415 g/mol.